The zero-order valence-corrected chi connectivity index (χ0v) is 11.6. The van der Waals surface area contributed by atoms with Crippen LogP contribution in [0.15, 0.2) is 18.2 Å². The van der Waals surface area contributed by atoms with Gasteiger partial charge in [0.1, 0.15) is 0 Å². The van der Waals surface area contributed by atoms with Crippen molar-refractivity contribution in [1.82, 2.24) is 5.32 Å². The molecular weight excluding hydrogens is 267 g/mol. The Hall–Kier alpha value is -1.07. The molecule has 0 radical (unpaired) electrons. The van der Waals surface area contributed by atoms with Crippen LogP contribution >= 0.6 is 0 Å². The fraction of sp³-hybridized carbons (Fsp3) is 0.600. The van der Waals surface area contributed by atoms with Crippen LogP contribution in [0.2, 0.25) is 0 Å². The standard InChI is InChI=1S/C15H20F3NO/c1-20-6-2-3-11-7-12(10-19-14-4-5-14)9-13(8-11)15(16,17)18/h7-9,14,19H,2-6,10H2,1H3. The first-order valence-electron chi connectivity index (χ1n) is 6.91. The molecule has 1 aromatic rings. The van der Waals surface area contributed by atoms with Crippen LogP contribution in [-0.4, -0.2) is 19.8 Å². The van der Waals surface area contributed by atoms with Gasteiger partial charge in [0.25, 0.3) is 0 Å². The van der Waals surface area contributed by atoms with Gasteiger partial charge in [-0.05, 0) is 48.9 Å². The van der Waals surface area contributed by atoms with Crippen LogP contribution in [-0.2, 0) is 23.9 Å². The van der Waals surface area contributed by atoms with E-state index in [1.807, 2.05) is 6.07 Å². The number of hydrogen-bond donors (Lipinski definition) is 1. The van der Waals surface area contributed by atoms with Gasteiger partial charge >= 0.3 is 6.18 Å². The first-order valence-corrected chi connectivity index (χ1v) is 6.91. The molecular formula is C15H20F3NO. The molecule has 2 nitrogen and oxygen atoms in total. The summed E-state index contributed by atoms with van der Waals surface area (Å²) >= 11 is 0. The molecule has 0 heterocycles. The summed E-state index contributed by atoms with van der Waals surface area (Å²) in [7, 11) is 1.59. The maximum Gasteiger partial charge on any atom is 0.416 e. The van der Waals surface area contributed by atoms with Gasteiger partial charge in [0.2, 0.25) is 0 Å². The van der Waals surface area contributed by atoms with E-state index in [0.717, 1.165) is 24.8 Å². The van der Waals surface area contributed by atoms with Gasteiger partial charge in [0, 0.05) is 26.3 Å². The number of nitrogens with one attached hydrogen (secondary N) is 1. The quantitative estimate of drug-likeness (QED) is 0.775. The van der Waals surface area contributed by atoms with Crippen molar-refractivity contribution in [2.45, 2.75) is 44.4 Å². The van der Waals surface area contributed by atoms with E-state index in [-0.39, 0.29) is 0 Å². The summed E-state index contributed by atoms with van der Waals surface area (Å²) in [6, 6.07) is 4.84. The topological polar surface area (TPSA) is 21.3 Å². The average Bonchev–Trinajstić information content (AvgIpc) is 3.19. The van der Waals surface area contributed by atoms with Crippen LogP contribution in [0, 0.1) is 0 Å². The van der Waals surface area contributed by atoms with E-state index < -0.39 is 11.7 Å². The van der Waals surface area contributed by atoms with Crippen molar-refractivity contribution in [2.75, 3.05) is 13.7 Å². The number of halogens is 3. The Bertz CT molecular complexity index is 441. The van der Waals surface area contributed by atoms with E-state index in [1.165, 1.54) is 12.1 Å². The molecule has 0 aliphatic heterocycles. The predicted molar refractivity (Wildman–Crippen MR) is 71.5 cm³/mol. The summed E-state index contributed by atoms with van der Waals surface area (Å²) in [5.41, 5.74) is 0.878. The molecule has 1 aliphatic rings. The molecule has 1 aromatic carbocycles. The number of hydrogen-bond acceptors (Lipinski definition) is 2. The molecule has 0 spiro atoms. The molecule has 0 aromatic heterocycles. The highest BCUT2D eigenvalue weighted by Gasteiger charge is 2.31. The van der Waals surface area contributed by atoms with Crippen LogP contribution in [0.5, 0.6) is 0 Å². The minimum absolute atomic E-state index is 0.487. The Labute approximate surface area is 117 Å². The Morgan fingerprint density at radius 3 is 2.50 bits per heavy atom. The number of benzene rings is 1. The highest BCUT2D eigenvalue weighted by Crippen LogP contribution is 2.31. The van der Waals surface area contributed by atoms with E-state index in [0.29, 0.717) is 31.2 Å². The maximum absolute atomic E-state index is 12.9. The smallest absolute Gasteiger partial charge is 0.385 e. The number of methoxy groups -OCH3 is 1. The van der Waals surface area contributed by atoms with Crippen molar-refractivity contribution in [3.05, 3.63) is 34.9 Å². The van der Waals surface area contributed by atoms with Crippen molar-refractivity contribution in [1.29, 1.82) is 0 Å². The first kappa shape index (κ1) is 15.3. The lowest BCUT2D eigenvalue weighted by atomic mass is 10.0. The van der Waals surface area contributed by atoms with Crippen molar-refractivity contribution in [3.63, 3.8) is 0 Å². The molecule has 0 bridgehead atoms. The number of ether oxygens (including phenoxy) is 1. The molecule has 2 rings (SSSR count). The Morgan fingerprint density at radius 1 is 1.20 bits per heavy atom. The Kier molecular flexibility index (Phi) is 5.05. The number of alkyl halides is 3. The van der Waals surface area contributed by atoms with Crippen molar-refractivity contribution < 1.29 is 17.9 Å². The third-order valence-corrected chi connectivity index (χ3v) is 3.37. The van der Waals surface area contributed by atoms with Gasteiger partial charge < -0.3 is 10.1 Å². The average molecular weight is 287 g/mol. The van der Waals surface area contributed by atoms with E-state index in [2.05, 4.69) is 5.32 Å². The van der Waals surface area contributed by atoms with Crippen molar-refractivity contribution in [2.24, 2.45) is 0 Å². The first-order chi connectivity index (χ1) is 9.49. The largest absolute Gasteiger partial charge is 0.416 e. The fourth-order valence-electron chi connectivity index (χ4n) is 2.14. The summed E-state index contributed by atoms with van der Waals surface area (Å²) in [5.74, 6) is 0. The molecule has 0 unspecified atom stereocenters. The minimum atomic E-state index is -4.29. The summed E-state index contributed by atoms with van der Waals surface area (Å²) in [5, 5.41) is 3.25. The molecule has 112 valence electrons. The van der Waals surface area contributed by atoms with Crippen LogP contribution < -0.4 is 5.32 Å². The molecule has 1 N–H and O–H groups in total. The predicted octanol–water partition coefficient (Wildman–Crippen LogP) is 3.54. The second-order valence-electron chi connectivity index (χ2n) is 5.29. The Balaban J connectivity index is 2.09. The third kappa shape index (κ3) is 4.80. The molecule has 1 aliphatic carbocycles. The highest BCUT2D eigenvalue weighted by molar-refractivity contribution is 5.32. The van der Waals surface area contributed by atoms with Crippen molar-refractivity contribution >= 4 is 0 Å². The lowest BCUT2D eigenvalue weighted by Crippen LogP contribution is -2.16. The minimum Gasteiger partial charge on any atom is -0.385 e. The molecule has 1 fully saturated rings. The second-order valence-corrected chi connectivity index (χ2v) is 5.29. The van der Waals surface area contributed by atoms with Gasteiger partial charge in [0.05, 0.1) is 5.56 Å². The Morgan fingerprint density at radius 2 is 1.90 bits per heavy atom. The summed E-state index contributed by atoms with van der Waals surface area (Å²) in [6.45, 7) is 1.07. The molecule has 1 saturated carbocycles. The fourth-order valence-corrected chi connectivity index (χ4v) is 2.14. The van der Waals surface area contributed by atoms with E-state index >= 15 is 0 Å². The lowest BCUT2D eigenvalue weighted by Gasteiger charge is -2.13. The van der Waals surface area contributed by atoms with Crippen LogP contribution in [0.1, 0.15) is 36.0 Å². The molecule has 5 heteroatoms. The van der Waals surface area contributed by atoms with Gasteiger partial charge in [-0.25, -0.2) is 0 Å². The van der Waals surface area contributed by atoms with E-state index in [4.69, 9.17) is 4.74 Å². The summed E-state index contributed by atoms with van der Waals surface area (Å²) in [4.78, 5) is 0. The highest BCUT2D eigenvalue weighted by atomic mass is 19.4. The second kappa shape index (κ2) is 6.59. The normalized spacial score (nSPS) is 15.6. The SMILES string of the molecule is COCCCc1cc(CNC2CC2)cc(C(F)(F)F)c1. The number of rotatable bonds is 7. The van der Waals surface area contributed by atoms with Gasteiger partial charge in [0.15, 0.2) is 0 Å². The van der Waals surface area contributed by atoms with Crippen LogP contribution in [0.3, 0.4) is 0 Å². The third-order valence-electron chi connectivity index (χ3n) is 3.37. The van der Waals surface area contributed by atoms with Gasteiger partial charge in [-0.1, -0.05) is 6.07 Å². The number of aryl methyl sites for hydroxylation is 1. The molecule has 20 heavy (non-hydrogen) atoms. The van der Waals surface area contributed by atoms with E-state index in [9.17, 15) is 13.2 Å². The summed E-state index contributed by atoms with van der Waals surface area (Å²) < 4.78 is 43.7. The van der Waals surface area contributed by atoms with E-state index in [1.54, 1.807) is 7.11 Å². The summed E-state index contributed by atoms with van der Waals surface area (Å²) in [6.07, 6.45) is -0.702. The maximum atomic E-state index is 12.9. The van der Waals surface area contributed by atoms with Crippen LogP contribution in [0.25, 0.3) is 0 Å². The molecule has 0 atom stereocenters. The van der Waals surface area contributed by atoms with Crippen molar-refractivity contribution in [3.8, 4) is 0 Å². The monoisotopic (exact) mass is 287 g/mol. The molecule has 0 saturated heterocycles. The lowest BCUT2D eigenvalue weighted by molar-refractivity contribution is -0.137. The van der Waals surface area contributed by atoms with Gasteiger partial charge in [-0.3, -0.25) is 0 Å². The molecule has 0 amide bonds. The van der Waals surface area contributed by atoms with Gasteiger partial charge in [-0.2, -0.15) is 13.2 Å². The zero-order chi connectivity index (χ0) is 14.6. The zero-order valence-electron chi connectivity index (χ0n) is 11.6. The van der Waals surface area contributed by atoms with Gasteiger partial charge in [-0.15, -0.1) is 0 Å². The van der Waals surface area contributed by atoms with Crippen LogP contribution in [0.4, 0.5) is 13.2 Å².